The summed E-state index contributed by atoms with van der Waals surface area (Å²) in [4.78, 5) is 0. The van der Waals surface area contributed by atoms with Gasteiger partial charge >= 0.3 is 26.2 Å². The van der Waals surface area contributed by atoms with Crippen LogP contribution in [0.3, 0.4) is 0 Å². The van der Waals surface area contributed by atoms with Crippen LogP contribution >= 0.6 is 0 Å². The Bertz CT molecular complexity index is 262. The van der Waals surface area contributed by atoms with Crippen LogP contribution in [0.15, 0.2) is 54.6 Å². The second-order valence-electron chi connectivity index (χ2n) is 2.51. The van der Waals surface area contributed by atoms with Gasteiger partial charge < -0.3 is 24.8 Å². The summed E-state index contributed by atoms with van der Waals surface area (Å²) in [6.07, 6.45) is 0. The molecule has 78 valence electrons. The molecule has 2 rings (SSSR count). The van der Waals surface area contributed by atoms with E-state index in [0.29, 0.717) is 0 Å². The fraction of sp³-hybridized carbons (Fsp3) is 0.0833. The van der Waals surface area contributed by atoms with E-state index in [1.165, 1.54) is 5.56 Å². The van der Waals surface area contributed by atoms with Gasteiger partial charge in [0.25, 0.3) is 0 Å². The van der Waals surface area contributed by atoms with Crippen LogP contribution in [-0.2, 0) is 26.2 Å². The van der Waals surface area contributed by atoms with Crippen LogP contribution in [0.25, 0.3) is 0 Å². The molecule has 0 aliphatic carbocycles. The van der Waals surface area contributed by atoms with Gasteiger partial charge in [0.1, 0.15) is 0 Å². The first-order valence-corrected chi connectivity index (χ1v) is 3.99. The SMILES string of the molecule is Cc1[c-]cccc1.[Cl-].[Cl-].[Zr+4].c1cc[cH-]c1. The first-order valence-electron chi connectivity index (χ1n) is 3.99. The Hall–Kier alpha value is 0.0331. The van der Waals surface area contributed by atoms with Crippen molar-refractivity contribution in [2.24, 2.45) is 0 Å². The van der Waals surface area contributed by atoms with Crippen molar-refractivity contribution in [3.05, 3.63) is 66.2 Å². The molecule has 0 saturated carbocycles. The van der Waals surface area contributed by atoms with Crippen LogP contribution in [0.1, 0.15) is 5.56 Å². The maximum atomic E-state index is 3.03. The number of hydrogen-bond donors (Lipinski definition) is 0. The van der Waals surface area contributed by atoms with Crippen molar-refractivity contribution in [2.45, 2.75) is 6.92 Å². The molecule has 2 aromatic rings. The predicted molar refractivity (Wildman–Crippen MR) is 52.1 cm³/mol. The quantitative estimate of drug-likeness (QED) is 0.461. The molecule has 0 atom stereocenters. The maximum absolute atomic E-state index is 3.03. The minimum absolute atomic E-state index is 0. The first kappa shape index (κ1) is 20.4. The van der Waals surface area contributed by atoms with Crippen molar-refractivity contribution < 1.29 is 51.0 Å². The standard InChI is InChI=1S/C7H7.C5H5.2ClH.Zr/c1-7-5-3-2-4-6-7;1-2-4-5-3-1;;;/h2-5H,1H3;1-5H;2*1H;/q2*-1;;;+4/p-2. The van der Waals surface area contributed by atoms with Crippen LogP contribution in [-0.4, -0.2) is 0 Å². The number of rotatable bonds is 0. The molecule has 0 aromatic heterocycles. The summed E-state index contributed by atoms with van der Waals surface area (Å²) in [5.41, 5.74) is 1.20. The van der Waals surface area contributed by atoms with Crippen molar-refractivity contribution in [2.75, 3.05) is 0 Å². The average molecular weight is 318 g/mol. The molecule has 0 spiro atoms. The Morgan fingerprint density at radius 3 is 1.80 bits per heavy atom. The van der Waals surface area contributed by atoms with Gasteiger partial charge in [-0.15, -0.1) is 0 Å². The molecule has 0 fully saturated rings. The third kappa shape index (κ3) is 12.0. The second kappa shape index (κ2) is 14.0. The van der Waals surface area contributed by atoms with Gasteiger partial charge in [-0.3, -0.25) is 0 Å². The smallest absolute Gasteiger partial charge is 1.00 e. The maximum Gasteiger partial charge on any atom is 4.00 e. The van der Waals surface area contributed by atoms with Crippen LogP contribution in [0.4, 0.5) is 0 Å². The van der Waals surface area contributed by atoms with Gasteiger partial charge in [0.05, 0.1) is 0 Å². The molecule has 0 N–H and O–H groups in total. The van der Waals surface area contributed by atoms with E-state index in [1.54, 1.807) is 0 Å². The third-order valence-electron chi connectivity index (χ3n) is 1.42. The number of halogens is 2. The topological polar surface area (TPSA) is 0 Å². The predicted octanol–water partition coefficient (Wildman–Crippen LogP) is -2.79. The summed E-state index contributed by atoms with van der Waals surface area (Å²) in [5, 5.41) is 0. The van der Waals surface area contributed by atoms with Crippen molar-refractivity contribution in [1.29, 1.82) is 0 Å². The molecule has 0 heterocycles. The van der Waals surface area contributed by atoms with Crippen LogP contribution in [0.5, 0.6) is 0 Å². The van der Waals surface area contributed by atoms with Gasteiger partial charge in [0.15, 0.2) is 0 Å². The van der Waals surface area contributed by atoms with E-state index >= 15 is 0 Å². The van der Waals surface area contributed by atoms with E-state index in [-0.39, 0.29) is 51.0 Å². The fourth-order valence-corrected chi connectivity index (χ4v) is 0.804. The molecule has 3 heteroatoms. The van der Waals surface area contributed by atoms with Gasteiger partial charge in [0.2, 0.25) is 0 Å². The molecule has 0 aliphatic rings. The second-order valence-corrected chi connectivity index (χ2v) is 2.51. The minimum Gasteiger partial charge on any atom is -1.00 e. The summed E-state index contributed by atoms with van der Waals surface area (Å²) in [5.74, 6) is 0. The molecular formula is C12H12Cl2Zr. The summed E-state index contributed by atoms with van der Waals surface area (Å²) < 4.78 is 0. The molecule has 15 heavy (non-hydrogen) atoms. The van der Waals surface area contributed by atoms with Crippen LogP contribution in [0.2, 0.25) is 0 Å². The summed E-state index contributed by atoms with van der Waals surface area (Å²) in [6.45, 7) is 2.03. The zero-order chi connectivity index (χ0) is 8.65. The summed E-state index contributed by atoms with van der Waals surface area (Å²) in [6, 6.07) is 20.9. The van der Waals surface area contributed by atoms with Gasteiger partial charge in [-0.1, -0.05) is 6.92 Å². The monoisotopic (exact) mass is 316 g/mol. The normalized spacial score (nSPS) is 6.73. The van der Waals surface area contributed by atoms with Gasteiger partial charge in [0, 0.05) is 0 Å². The Morgan fingerprint density at radius 1 is 1.00 bits per heavy atom. The summed E-state index contributed by atoms with van der Waals surface area (Å²) in [7, 11) is 0. The molecule has 0 saturated heterocycles. The van der Waals surface area contributed by atoms with E-state index in [2.05, 4.69) is 6.07 Å². The Kier molecular flexibility index (Phi) is 19.1. The average Bonchev–Trinajstić information content (AvgIpc) is 2.62. The first-order chi connectivity index (χ1) is 5.89. The van der Waals surface area contributed by atoms with E-state index in [1.807, 2.05) is 61.5 Å². The molecule has 0 aliphatic heterocycles. The van der Waals surface area contributed by atoms with Crippen molar-refractivity contribution in [3.63, 3.8) is 0 Å². The van der Waals surface area contributed by atoms with E-state index < -0.39 is 0 Å². The third-order valence-corrected chi connectivity index (χ3v) is 1.42. The van der Waals surface area contributed by atoms with Gasteiger partial charge in [-0.05, 0) is 0 Å². The molecule has 0 amide bonds. The zero-order valence-corrected chi connectivity index (χ0v) is 12.4. The van der Waals surface area contributed by atoms with E-state index in [9.17, 15) is 0 Å². The molecule has 0 bridgehead atoms. The van der Waals surface area contributed by atoms with Crippen molar-refractivity contribution in [3.8, 4) is 0 Å². The molecule has 2 aromatic carbocycles. The van der Waals surface area contributed by atoms with Gasteiger partial charge in [-0.25, -0.2) is 12.1 Å². The zero-order valence-electron chi connectivity index (χ0n) is 8.45. The molecular weight excluding hydrogens is 306 g/mol. The van der Waals surface area contributed by atoms with E-state index in [4.69, 9.17) is 0 Å². The van der Waals surface area contributed by atoms with Gasteiger partial charge in [-0.2, -0.15) is 54.1 Å². The van der Waals surface area contributed by atoms with Crippen molar-refractivity contribution in [1.82, 2.24) is 0 Å². The molecule has 0 radical (unpaired) electrons. The largest absolute Gasteiger partial charge is 4.00 e. The molecule has 0 unspecified atom stereocenters. The Balaban J connectivity index is -0.000000165. The molecule has 0 nitrogen and oxygen atoms in total. The number of aryl methyl sites for hydroxylation is 1. The summed E-state index contributed by atoms with van der Waals surface area (Å²) >= 11 is 0. The van der Waals surface area contributed by atoms with Crippen LogP contribution in [0, 0.1) is 13.0 Å². The fourth-order valence-electron chi connectivity index (χ4n) is 0.804. The Morgan fingerprint density at radius 2 is 1.60 bits per heavy atom. The van der Waals surface area contributed by atoms with Crippen molar-refractivity contribution >= 4 is 0 Å². The number of benzene rings is 1. The van der Waals surface area contributed by atoms with E-state index in [0.717, 1.165) is 0 Å². The van der Waals surface area contributed by atoms with Crippen LogP contribution < -0.4 is 24.8 Å². The number of hydrogen-bond acceptors (Lipinski definition) is 0. The minimum atomic E-state index is 0. The Labute approximate surface area is 123 Å².